The van der Waals surface area contributed by atoms with Crippen LogP contribution >= 0.6 is 0 Å². The van der Waals surface area contributed by atoms with Crippen LogP contribution in [-0.2, 0) is 10.0 Å². The van der Waals surface area contributed by atoms with Crippen LogP contribution in [0.15, 0.2) is 90.1 Å². The highest BCUT2D eigenvalue weighted by atomic mass is 32.2. The van der Waals surface area contributed by atoms with E-state index in [1.54, 1.807) is 36.4 Å². The monoisotopic (exact) mass is 529 g/mol. The molecule has 0 fully saturated rings. The number of nitrogens with zero attached hydrogens (tertiary/aromatic N) is 3. The average molecular weight is 530 g/mol. The number of nitrogens with one attached hydrogen (secondary N) is 2. The minimum Gasteiger partial charge on any atom is -0.481 e. The summed E-state index contributed by atoms with van der Waals surface area (Å²) in [7, 11) is -2.56. The van der Waals surface area contributed by atoms with Gasteiger partial charge in [-0.05, 0) is 54.6 Å². The first-order valence-electron chi connectivity index (χ1n) is 11.1. The summed E-state index contributed by atoms with van der Waals surface area (Å²) >= 11 is 0. The number of rotatable bonds is 7. The Hall–Kier alpha value is -5.10. The molecule has 0 saturated heterocycles. The molecule has 0 unspecified atom stereocenters. The SMILES string of the molecule is COc1cc(NS(=O)(=O)c2ccc(NC(=O)c3cccc(N4C(=O)c5ccccc5C4=O)c3)cc2)ncn1. The van der Waals surface area contributed by atoms with Gasteiger partial charge in [0.05, 0.1) is 28.8 Å². The fraction of sp³-hybridized carbons (Fsp3) is 0.0385. The van der Waals surface area contributed by atoms with E-state index in [4.69, 9.17) is 4.74 Å². The molecule has 4 aromatic rings. The van der Waals surface area contributed by atoms with Gasteiger partial charge in [-0.15, -0.1) is 0 Å². The Balaban J connectivity index is 1.30. The van der Waals surface area contributed by atoms with Gasteiger partial charge in [-0.2, -0.15) is 0 Å². The smallest absolute Gasteiger partial charge is 0.266 e. The molecule has 0 bridgehead atoms. The number of carbonyl (C=O) groups is 3. The molecule has 38 heavy (non-hydrogen) atoms. The van der Waals surface area contributed by atoms with Gasteiger partial charge in [-0.25, -0.2) is 23.3 Å². The number of aromatic nitrogens is 2. The van der Waals surface area contributed by atoms with Crippen LogP contribution in [0.4, 0.5) is 17.2 Å². The summed E-state index contributed by atoms with van der Waals surface area (Å²) in [5.41, 5.74) is 1.41. The van der Waals surface area contributed by atoms with Crippen molar-refractivity contribution in [3.63, 3.8) is 0 Å². The summed E-state index contributed by atoms with van der Waals surface area (Å²) in [5.74, 6) is -1.21. The van der Waals surface area contributed by atoms with Gasteiger partial charge < -0.3 is 10.1 Å². The van der Waals surface area contributed by atoms with Gasteiger partial charge in [0.15, 0.2) is 0 Å². The predicted octanol–water partition coefficient (Wildman–Crippen LogP) is 3.34. The maximum absolute atomic E-state index is 12.9. The first kappa shape index (κ1) is 24.6. The van der Waals surface area contributed by atoms with Crippen molar-refractivity contribution in [2.45, 2.75) is 4.90 Å². The third kappa shape index (κ3) is 4.67. The highest BCUT2D eigenvalue weighted by Crippen LogP contribution is 2.29. The molecular weight excluding hydrogens is 510 g/mol. The molecule has 1 aliphatic rings. The predicted molar refractivity (Wildman–Crippen MR) is 138 cm³/mol. The molecule has 2 heterocycles. The Morgan fingerprint density at radius 2 is 1.55 bits per heavy atom. The fourth-order valence-corrected chi connectivity index (χ4v) is 4.83. The van der Waals surface area contributed by atoms with Crippen molar-refractivity contribution in [2.24, 2.45) is 0 Å². The van der Waals surface area contributed by atoms with Crippen LogP contribution in [-0.4, -0.2) is 43.2 Å². The Morgan fingerprint density at radius 3 is 2.21 bits per heavy atom. The van der Waals surface area contributed by atoms with Crippen LogP contribution in [0.2, 0.25) is 0 Å². The standard InChI is InChI=1S/C26H19N5O6S/c1-37-23-14-22(27-15-28-23)30-38(35,36)19-11-9-17(10-12-19)29-24(32)16-5-4-6-18(13-16)31-25(33)20-7-2-3-8-21(20)26(31)34/h2-15H,1H3,(H,29,32)(H,27,28,30). The van der Waals surface area contributed by atoms with E-state index in [0.717, 1.165) is 4.90 Å². The average Bonchev–Trinajstić information content (AvgIpc) is 3.18. The molecule has 2 N–H and O–H groups in total. The number of imide groups is 1. The van der Waals surface area contributed by atoms with Gasteiger partial charge in [0, 0.05) is 17.3 Å². The summed E-state index contributed by atoms with van der Waals surface area (Å²) < 4.78 is 32.7. The van der Waals surface area contributed by atoms with E-state index in [1.165, 1.54) is 55.9 Å². The molecule has 5 rings (SSSR count). The van der Waals surface area contributed by atoms with Gasteiger partial charge in [0.2, 0.25) is 5.88 Å². The van der Waals surface area contributed by atoms with E-state index in [1.807, 2.05) is 0 Å². The molecule has 0 saturated carbocycles. The van der Waals surface area contributed by atoms with Crippen LogP contribution in [0.25, 0.3) is 0 Å². The lowest BCUT2D eigenvalue weighted by molar-refractivity contribution is 0.0924. The molecule has 0 spiro atoms. The molecule has 0 radical (unpaired) electrons. The minimum atomic E-state index is -3.96. The zero-order valence-electron chi connectivity index (χ0n) is 19.8. The second-order valence-corrected chi connectivity index (χ2v) is 9.75. The first-order chi connectivity index (χ1) is 18.3. The van der Waals surface area contributed by atoms with Crippen molar-refractivity contribution in [1.82, 2.24) is 9.97 Å². The van der Waals surface area contributed by atoms with E-state index in [9.17, 15) is 22.8 Å². The molecule has 11 nitrogen and oxygen atoms in total. The summed E-state index contributed by atoms with van der Waals surface area (Å²) in [4.78, 5) is 47.1. The Bertz CT molecular complexity index is 1650. The number of carbonyl (C=O) groups excluding carboxylic acids is 3. The number of hydrogen-bond donors (Lipinski definition) is 2. The number of sulfonamides is 1. The number of ether oxygens (including phenoxy) is 1. The molecule has 3 amide bonds. The summed E-state index contributed by atoms with van der Waals surface area (Å²) in [5, 5.41) is 2.68. The normalized spacial score (nSPS) is 12.7. The van der Waals surface area contributed by atoms with E-state index in [-0.39, 0.29) is 27.8 Å². The maximum Gasteiger partial charge on any atom is 0.266 e. The lowest BCUT2D eigenvalue weighted by Crippen LogP contribution is -2.29. The zero-order valence-corrected chi connectivity index (χ0v) is 20.6. The number of fused-ring (bicyclic) bond motifs is 1. The highest BCUT2D eigenvalue weighted by Gasteiger charge is 2.36. The van der Waals surface area contributed by atoms with Crippen LogP contribution in [0.3, 0.4) is 0 Å². The topological polar surface area (TPSA) is 148 Å². The molecule has 1 aliphatic heterocycles. The van der Waals surface area contributed by atoms with Gasteiger partial charge in [-0.1, -0.05) is 18.2 Å². The van der Waals surface area contributed by atoms with E-state index < -0.39 is 27.7 Å². The molecule has 3 aromatic carbocycles. The van der Waals surface area contributed by atoms with Crippen LogP contribution in [0.5, 0.6) is 5.88 Å². The first-order valence-corrected chi connectivity index (χ1v) is 12.6. The second-order valence-electron chi connectivity index (χ2n) is 8.07. The van der Waals surface area contributed by atoms with E-state index in [0.29, 0.717) is 16.8 Å². The van der Waals surface area contributed by atoms with E-state index in [2.05, 4.69) is 20.0 Å². The molecular formula is C26H19N5O6S. The summed E-state index contributed by atoms with van der Waals surface area (Å²) in [6.45, 7) is 0. The zero-order chi connectivity index (χ0) is 26.9. The van der Waals surface area contributed by atoms with Crippen molar-refractivity contribution in [2.75, 3.05) is 22.0 Å². The number of anilines is 3. The van der Waals surface area contributed by atoms with Crippen molar-refractivity contribution in [3.8, 4) is 5.88 Å². The maximum atomic E-state index is 12.9. The van der Waals surface area contributed by atoms with Crippen molar-refractivity contribution < 1.29 is 27.5 Å². The Labute approximate surface area is 217 Å². The van der Waals surface area contributed by atoms with Gasteiger partial charge >= 0.3 is 0 Å². The van der Waals surface area contributed by atoms with Crippen LogP contribution in [0.1, 0.15) is 31.1 Å². The molecule has 190 valence electrons. The minimum absolute atomic E-state index is 0.0344. The lowest BCUT2D eigenvalue weighted by atomic mass is 10.1. The van der Waals surface area contributed by atoms with Gasteiger partial charge in [0.1, 0.15) is 12.1 Å². The van der Waals surface area contributed by atoms with Gasteiger partial charge in [0.25, 0.3) is 27.7 Å². The van der Waals surface area contributed by atoms with Gasteiger partial charge in [-0.3, -0.25) is 19.1 Å². The lowest BCUT2D eigenvalue weighted by Gasteiger charge is -2.15. The Kier molecular flexibility index (Phi) is 6.31. The molecule has 1 aromatic heterocycles. The van der Waals surface area contributed by atoms with Crippen molar-refractivity contribution >= 4 is 44.9 Å². The third-order valence-corrected chi connectivity index (χ3v) is 7.04. The van der Waals surface area contributed by atoms with Crippen LogP contribution < -0.4 is 19.7 Å². The summed E-state index contributed by atoms with van der Waals surface area (Å²) in [6, 6.07) is 19.5. The van der Waals surface area contributed by atoms with Crippen molar-refractivity contribution in [1.29, 1.82) is 0 Å². The summed E-state index contributed by atoms with van der Waals surface area (Å²) in [6.07, 6.45) is 1.17. The largest absolute Gasteiger partial charge is 0.481 e. The third-order valence-electron chi connectivity index (χ3n) is 5.67. The van der Waals surface area contributed by atoms with Crippen molar-refractivity contribution in [3.05, 3.63) is 102 Å². The molecule has 12 heteroatoms. The molecule has 0 aliphatic carbocycles. The number of methoxy groups -OCH3 is 1. The highest BCUT2D eigenvalue weighted by molar-refractivity contribution is 7.92. The van der Waals surface area contributed by atoms with E-state index >= 15 is 0 Å². The second kappa shape index (κ2) is 9.75. The fourth-order valence-electron chi connectivity index (χ4n) is 3.83. The van der Waals surface area contributed by atoms with Crippen LogP contribution in [0, 0.1) is 0 Å². The molecule has 0 atom stereocenters. The Morgan fingerprint density at radius 1 is 0.868 bits per heavy atom. The number of amides is 3. The number of hydrogen-bond acceptors (Lipinski definition) is 8. The number of benzene rings is 3. The quantitative estimate of drug-likeness (QED) is 0.347.